The van der Waals surface area contributed by atoms with Crippen LogP contribution in [0.5, 0.6) is 5.75 Å². The van der Waals surface area contributed by atoms with E-state index in [1.54, 1.807) is 0 Å². The summed E-state index contributed by atoms with van der Waals surface area (Å²) in [6.07, 6.45) is 3.13. The first-order valence-electron chi connectivity index (χ1n) is 6.30. The molecule has 1 aliphatic heterocycles. The maximum absolute atomic E-state index is 11.7. The van der Waals surface area contributed by atoms with Gasteiger partial charge in [-0.1, -0.05) is 26.0 Å². The molecule has 3 atom stereocenters. The van der Waals surface area contributed by atoms with E-state index >= 15 is 0 Å². The lowest BCUT2D eigenvalue weighted by atomic mass is 9.71. The van der Waals surface area contributed by atoms with E-state index in [1.165, 1.54) is 11.1 Å². The third-order valence-corrected chi connectivity index (χ3v) is 4.86. The van der Waals surface area contributed by atoms with Gasteiger partial charge in [-0.25, -0.2) is 0 Å². The Kier molecular flexibility index (Phi) is 1.99. The first-order valence-corrected chi connectivity index (χ1v) is 6.30. The van der Waals surface area contributed by atoms with Gasteiger partial charge in [-0.3, -0.25) is 4.79 Å². The number of ether oxygens (including phenoxy) is 1. The Balaban J connectivity index is 2.23. The molecule has 0 spiro atoms. The Morgan fingerprint density at radius 2 is 2.24 bits per heavy atom. The van der Waals surface area contributed by atoms with Crippen LogP contribution in [0, 0.1) is 12.8 Å². The van der Waals surface area contributed by atoms with Crippen molar-refractivity contribution >= 4 is 6.29 Å². The van der Waals surface area contributed by atoms with E-state index < -0.39 is 5.60 Å². The van der Waals surface area contributed by atoms with Crippen molar-refractivity contribution < 1.29 is 9.53 Å². The van der Waals surface area contributed by atoms with E-state index in [9.17, 15) is 4.79 Å². The summed E-state index contributed by atoms with van der Waals surface area (Å²) >= 11 is 0. The van der Waals surface area contributed by atoms with Crippen LogP contribution in [-0.4, -0.2) is 11.9 Å². The molecule has 1 fully saturated rings. The lowest BCUT2D eigenvalue weighted by Crippen LogP contribution is -2.50. The van der Waals surface area contributed by atoms with Gasteiger partial charge in [0, 0.05) is 16.9 Å². The summed E-state index contributed by atoms with van der Waals surface area (Å²) in [4.78, 5) is 11.7. The Bertz CT molecular complexity index is 494. The van der Waals surface area contributed by atoms with E-state index in [0.29, 0.717) is 0 Å². The number of aryl methyl sites for hydroxylation is 1. The quantitative estimate of drug-likeness (QED) is 0.693. The summed E-state index contributed by atoms with van der Waals surface area (Å²) in [6.45, 7) is 6.35. The zero-order chi connectivity index (χ0) is 12.3. The van der Waals surface area contributed by atoms with Crippen LogP contribution in [0.3, 0.4) is 0 Å². The maximum atomic E-state index is 11.7. The molecular formula is C15H18O2. The highest BCUT2D eigenvalue weighted by atomic mass is 16.5. The van der Waals surface area contributed by atoms with E-state index in [1.807, 2.05) is 0 Å². The third kappa shape index (κ3) is 1.09. The first kappa shape index (κ1) is 10.8. The van der Waals surface area contributed by atoms with Gasteiger partial charge >= 0.3 is 0 Å². The Morgan fingerprint density at radius 1 is 1.47 bits per heavy atom. The third-order valence-electron chi connectivity index (χ3n) is 4.86. The molecular weight excluding hydrogens is 212 g/mol. The van der Waals surface area contributed by atoms with E-state index in [4.69, 9.17) is 4.74 Å². The van der Waals surface area contributed by atoms with Crippen LogP contribution in [0.4, 0.5) is 0 Å². The van der Waals surface area contributed by atoms with Crippen LogP contribution in [0.2, 0.25) is 0 Å². The van der Waals surface area contributed by atoms with Crippen LogP contribution in [0.15, 0.2) is 18.2 Å². The number of aldehydes is 1. The monoisotopic (exact) mass is 230 g/mol. The molecule has 0 N–H and O–H groups in total. The number of benzene rings is 1. The van der Waals surface area contributed by atoms with Crippen LogP contribution in [0.1, 0.15) is 37.8 Å². The molecule has 3 rings (SSSR count). The van der Waals surface area contributed by atoms with Crippen LogP contribution < -0.4 is 4.74 Å². The van der Waals surface area contributed by atoms with Gasteiger partial charge in [0.15, 0.2) is 11.9 Å². The number of fused-ring (bicyclic) bond motifs is 3. The van der Waals surface area contributed by atoms with Gasteiger partial charge in [-0.15, -0.1) is 0 Å². The molecule has 2 heteroatoms. The second-order valence-electron chi connectivity index (χ2n) is 5.78. The lowest BCUT2D eigenvalue weighted by Gasteiger charge is -2.34. The highest BCUT2D eigenvalue weighted by Gasteiger charge is 2.63. The Hall–Kier alpha value is -1.31. The van der Waals surface area contributed by atoms with Crippen molar-refractivity contribution in [1.29, 1.82) is 0 Å². The smallest absolute Gasteiger partial charge is 0.176 e. The second kappa shape index (κ2) is 3.12. The van der Waals surface area contributed by atoms with Gasteiger partial charge in [-0.2, -0.15) is 0 Å². The molecule has 2 aliphatic rings. The molecule has 0 bridgehead atoms. The summed E-state index contributed by atoms with van der Waals surface area (Å²) < 4.78 is 6.10. The second-order valence-corrected chi connectivity index (χ2v) is 5.78. The van der Waals surface area contributed by atoms with E-state index in [0.717, 1.165) is 24.9 Å². The molecule has 1 aromatic carbocycles. The Labute approximate surface area is 102 Å². The van der Waals surface area contributed by atoms with Gasteiger partial charge in [-0.05, 0) is 31.4 Å². The first-order chi connectivity index (χ1) is 8.03. The molecule has 1 aliphatic carbocycles. The maximum Gasteiger partial charge on any atom is 0.176 e. The van der Waals surface area contributed by atoms with Crippen molar-refractivity contribution in [3.05, 3.63) is 29.3 Å². The zero-order valence-corrected chi connectivity index (χ0v) is 10.6. The molecule has 0 saturated heterocycles. The van der Waals surface area contributed by atoms with Crippen LogP contribution >= 0.6 is 0 Å². The largest absolute Gasteiger partial charge is 0.478 e. The average Bonchev–Trinajstić information content (AvgIpc) is 2.69. The van der Waals surface area contributed by atoms with Gasteiger partial charge in [0.25, 0.3) is 0 Å². The van der Waals surface area contributed by atoms with Gasteiger partial charge in [0.2, 0.25) is 0 Å². The van der Waals surface area contributed by atoms with Crippen molar-refractivity contribution in [3.63, 3.8) is 0 Å². The van der Waals surface area contributed by atoms with Crippen molar-refractivity contribution in [2.45, 2.75) is 44.6 Å². The summed E-state index contributed by atoms with van der Waals surface area (Å²) in [6, 6.07) is 6.29. The molecule has 0 radical (unpaired) electrons. The topological polar surface area (TPSA) is 26.3 Å². The van der Waals surface area contributed by atoms with E-state index in [-0.39, 0.29) is 11.3 Å². The molecule has 2 nitrogen and oxygen atoms in total. The number of carbonyl (C=O) groups is 1. The summed E-state index contributed by atoms with van der Waals surface area (Å²) in [5, 5.41) is 0. The molecule has 1 saturated carbocycles. The Morgan fingerprint density at radius 3 is 2.94 bits per heavy atom. The fraction of sp³-hybridized carbons (Fsp3) is 0.533. The number of rotatable bonds is 1. The standard InChI is InChI=1S/C15H18O2/c1-10-4-5-12-13(8-10)17-15(9-16)11(2)6-7-14(12,15)3/h4-5,8-9,11H,6-7H2,1-3H3/t11-,14-,15-/m0/s1. The fourth-order valence-corrected chi connectivity index (χ4v) is 3.64. The van der Waals surface area contributed by atoms with Gasteiger partial charge in [0.05, 0.1) is 0 Å². The summed E-state index contributed by atoms with van der Waals surface area (Å²) in [5.41, 5.74) is 1.61. The number of hydrogen-bond donors (Lipinski definition) is 0. The van der Waals surface area contributed by atoms with Gasteiger partial charge < -0.3 is 4.74 Å². The summed E-state index contributed by atoms with van der Waals surface area (Å²) in [7, 11) is 0. The van der Waals surface area contributed by atoms with Crippen molar-refractivity contribution in [1.82, 2.24) is 0 Å². The SMILES string of the molecule is Cc1ccc2c(c1)O[C@@]1(C=O)[C@@H](C)CC[C@@]21C. The van der Waals surface area contributed by atoms with E-state index in [2.05, 4.69) is 39.0 Å². The minimum absolute atomic E-state index is 0.142. The van der Waals surface area contributed by atoms with Crippen LogP contribution in [-0.2, 0) is 10.2 Å². The molecule has 0 amide bonds. The van der Waals surface area contributed by atoms with Gasteiger partial charge in [0.1, 0.15) is 5.75 Å². The molecule has 17 heavy (non-hydrogen) atoms. The highest BCUT2D eigenvalue weighted by Crippen LogP contribution is 2.59. The molecule has 90 valence electrons. The predicted molar refractivity (Wildman–Crippen MR) is 66.4 cm³/mol. The van der Waals surface area contributed by atoms with Crippen molar-refractivity contribution in [2.75, 3.05) is 0 Å². The van der Waals surface area contributed by atoms with Crippen molar-refractivity contribution in [3.8, 4) is 5.75 Å². The minimum Gasteiger partial charge on any atom is -0.478 e. The number of hydrogen-bond acceptors (Lipinski definition) is 2. The predicted octanol–water partition coefficient (Wildman–Crippen LogP) is 3.01. The average molecular weight is 230 g/mol. The highest BCUT2D eigenvalue weighted by molar-refractivity contribution is 5.73. The summed E-state index contributed by atoms with van der Waals surface area (Å²) in [5.74, 6) is 1.20. The number of carbonyl (C=O) groups excluding carboxylic acids is 1. The molecule has 1 aromatic rings. The molecule has 1 heterocycles. The normalized spacial score (nSPS) is 38.4. The van der Waals surface area contributed by atoms with Crippen molar-refractivity contribution in [2.24, 2.45) is 5.92 Å². The fourth-order valence-electron chi connectivity index (χ4n) is 3.64. The lowest BCUT2D eigenvalue weighted by molar-refractivity contribution is -0.126. The minimum atomic E-state index is -0.636. The van der Waals surface area contributed by atoms with Crippen LogP contribution in [0.25, 0.3) is 0 Å². The molecule has 0 unspecified atom stereocenters. The molecule has 0 aromatic heterocycles. The zero-order valence-electron chi connectivity index (χ0n) is 10.6.